The number of hydrogen-bond acceptors (Lipinski definition) is 3. The van der Waals surface area contributed by atoms with E-state index in [0.29, 0.717) is 26.2 Å². The first kappa shape index (κ1) is 18.7. The van der Waals surface area contributed by atoms with Crippen LogP contribution in [0, 0.1) is 0 Å². The Morgan fingerprint density at radius 2 is 1.91 bits per heavy atom. The zero-order chi connectivity index (χ0) is 16.4. The Balaban J connectivity index is 2.20. The van der Waals surface area contributed by atoms with Crippen molar-refractivity contribution in [1.29, 1.82) is 0 Å². The highest BCUT2D eigenvalue weighted by molar-refractivity contribution is 5.81. The quantitative estimate of drug-likeness (QED) is 0.661. The fraction of sp³-hybridized carbons (Fsp3) is 0.765. The third kappa shape index (κ3) is 7.07. The fourth-order valence-corrected chi connectivity index (χ4v) is 2.76. The van der Waals surface area contributed by atoms with Crippen molar-refractivity contribution in [3.05, 3.63) is 11.6 Å². The Hall–Kier alpha value is -1.36. The first-order chi connectivity index (χ1) is 10.6. The van der Waals surface area contributed by atoms with Gasteiger partial charge in [0.05, 0.1) is 13.1 Å². The average molecular weight is 309 g/mol. The van der Waals surface area contributed by atoms with Crippen LogP contribution in [0.3, 0.4) is 0 Å². The molecule has 1 aliphatic rings. The number of amides is 2. The summed E-state index contributed by atoms with van der Waals surface area (Å²) in [5.41, 5.74) is 1.47. The van der Waals surface area contributed by atoms with Gasteiger partial charge in [-0.1, -0.05) is 11.6 Å². The van der Waals surface area contributed by atoms with Crippen LogP contribution >= 0.6 is 0 Å². The average Bonchev–Trinajstić information content (AvgIpc) is 2.49. The summed E-state index contributed by atoms with van der Waals surface area (Å²) in [7, 11) is 1.81. The minimum absolute atomic E-state index is 0.00810. The van der Waals surface area contributed by atoms with Crippen molar-refractivity contribution in [1.82, 2.24) is 15.1 Å². The summed E-state index contributed by atoms with van der Waals surface area (Å²) >= 11 is 0. The molecule has 0 aliphatic heterocycles. The highest BCUT2D eigenvalue weighted by Gasteiger charge is 2.14. The molecule has 0 aromatic heterocycles. The molecule has 0 radical (unpaired) electrons. The van der Waals surface area contributed by atoms with E-state index in [-0.39, 0.29) is 18.4 Å². The zero-order valence-electron chi connectivity index (χ0n) is 14.4. The monoisotopic (exact) mass is 309 g/mol. The van der Waals surface area contributed by atoms with E-state index in [2.05, 4.69) is 11.4 Å². The summed E-state index contributed by atoms with van der Waals surface area (Å²) in [6.07, 6.45) is 8.18. The first-order valence-electron chi connectivity index (χ1n) is 8.47. The van der Waals surface area contributed by atoms with Gasteiger partial charge in [-0.05, 0) is 53.0 Å². The van der Waals surface area contributed by atoms with E-state index in [1.165, 1.54) is 31.3 Å². The van der Waals surface area contributed by atoms with E-state index in [4.69, 9.17) is 0 Å². The molecule has 0 saturated heterocycles. The van der Waals surface area contributed by atoms with E-state index in [1.54, 1.807) is 9.80 Å². The maximum atomic E-state index is 12.0. The summed E-state index contributed by atoms with van der Waals surface area (Å²) in [4.78, 5) is 27.4. The third-order valence-electron chi connectivity index (χ3n) is 4.09. The Kier molecular flexibility index (Phi) is 8.82. The van der Waals surface area contributed by atoms with Gasteiger partial charge in [-0.15, -0.1) is 0 Å². The molecule has 5 nitrogen and oxygen atoms in total. The standard InChI is InChI=1S/C17H31N3O2/c1-4-20(5-2)17(22)14-19(3)13-16(21)18-12-11-15-9-7-6-8-10-15/h9H,4-8,10-14H2,1-3H3,(H,18,21). The molecule has 0 aromatic rings. The molecule has 1 aliphatic carbocycles. The minimum atomic E-state index is -0.00810. The summed E-state index contributed by atoms with van der Waals surface area (Å²) in [6, 6.07) is 0. The predicted molar refractivity (Wildman–Crippen MR) is 89.6 cm³/mol. The highest BCUT2D eigenvalue weighted by Crippen LogP contribution is 2.19. The normalized spacial score (nSPS) is 14.6. The molecule has 0 unspecified atom stereocenters. The van der Waals surface area contributed by atoms with Crippen molar-refractivity contribution in [3.8, 4) is 0 Å². The van der Waals surface area contributed by atoms with Crippen LogP contribution < -0.4 is 5.32 Å². The van der Waals surface area contributed by atoms with Gasteiger partial charge in [0.15, 0.2) is 0 Å². The molecule has 2 amide bonds. The molecule has 0 aromatic carbocycles. The van der Waals surface area contributed by atoms with Gasteiger partial charge in [-0.3, -0.25) is 14.5 Å². The molecule has 126 valence electrons. The smallest absolute Gasteiger partial charge is 0.236 e. The largest absolute Gasteiger partial charge is 0.355 e. The van der Waals surface area contributed by atoms with Crippen molar-refractivity contribution < 1.29 is 9.59 Å². The fourth-order valence-electron chi connectivity index (χ4n) is 2.76. The summed E-state index contributed by atoms with van der Waals surface area (Å²) in [5, 5.41) is 2.94. The second-order valence-electron chi connectivity index (χ2n) is 5.95. The zero-order valence-corrected chi connectivity index (χ0v) is 14.4. The number of likely N-dealkylation sites (N-methyl/N-ethyl adjacent to an activating group) is 2. The number of nitrogens with zero attached hydrogens (tertiary/aromatic N) is 2. The summed E-state index contributed by atoms with van der Waals surface area (Å²) in [5.74, 6) is 0.0684. The summed E-state index contributed by atoms with van der Waals surface area (Å²) < 4.78 is 0. The molecule has 22 heavy (non-hydrogen) atoms. The van der Waals surface area contributed by atoms with Crippen LogP contribution in [0.2, 0.25) is 0 Å². The molecule has 0 fully saturated rings. The lowest BCUT2D eigenvalue weighted by Crippen LogP contribution is -2.42. The number of carbonyl (C=O) groups excluding carboxylic acids is 2. The van der Waals surface area contributed by atoms with Gasteiger partial charge >= 0.3 is 0 Å². The van der Waals surface area contributed by atoms with Gasteiger partial charge in [-0.25, -0.2) is 0 Å². The topological polar surface area (TPSA) is 52.7 Å². The van der Waals surface area contributed by atoms with Crippen molar-refractivity contribution in [3.63, 3.8) is 0 Å². The van der Waals surface area contributed by atoms with Crippen LogP contribution in [0.4, 0.5) is 0 Å². The maximum absolute atomic E-state index is 12.0. The second kappa shape index (κ2) is 10.4. The van der Waals surface area contributed by atoms with Gasteiger partial charge in [0.2, 0.25) is 11.8 Å². The van der Waals surface area contributed by atoms with Crippen LogP contribution in [-0.2, 0) is 9.59 Å². The number of allylic oxidation sites excluding steroid dienone is 1. The molecule has 0 atom stereocenters. The molecule has 5 heteroatoms. The number of rotatable bonds is 9. The third-order valence-corrected chi connectivity index (χ3v) is 4.09. The maximum Gasteiger partial charge on any atom is 0.236 e. The van der Waals surface area contributed by atoms with Crippen LogP contribution in [0.5, 0.6) is 0 Å². The lowest BCUT2D eigenvalue weighted by molar-refractivity contribution is -0.132. The first-order valence-corrected chi connectivity index (χ1v) is 8.47. The van der Waals surface area contributed by atoms with Crippen LogP contribution in [0.1, 0.15) is 46.0 Å². The van der Waals surface area contributed by atoms with Gasteiger partial charge < -0.3 is 10.2 Å². The van der Waals surface area contributed by atoms with E-state index in [1.807, 2.05) is 20.9 Å². The highest BCUT2D eigenvalue weighted by atomic mass is 16.2. The molecular weight excluding hydrogens is 278 g/mol. The van der Waals surface area contributed by atoms with Crippen LogP contribution in [0.25, 0.3) is 0 Å². The second-order valence-corrected chi connectivity index (χ2v) is 5.95. The molecule has 1 N–H and O–H groups in total. The van der Waals surface area contributed by atoms with Crippen LogP contribution in [-0.4, -0.2) is 61.4 Å². The van der Waals surface area contributed by atoms with Crippen molar-refractivity contribution in [2.24, 2.45) is 0 Å². The molecule has 0 spiro atoms. The Labute approximate surface area is 134 Å². The lowest BCUT2D eigenvalue weighted by atomic mass is 9.97. The van der Waals surface area contributed by atoms with Gasteiger partial charge in [0, 0.05) is 19.6 Å². The molecule has 0 bridgehead atoms. The van der Waals surface area contributed by atoms with Crippen molar-refractivity contribution in [2.45, 2.75) is 46.0 Å². The van der Waals surface area contributed by atoms with Gasteiger partial charge in [-0.2, -0.15) is 0 Å². The molecule has 1 rings (SSSR count). The van der Waals surface area contributed by atoms with E-state index >= 15 is 0 Å². The predicted octanol–water partition coefficient (Wildman–Crippen LogP) is 1.79. The molecule has 0 heterocycles. The van der Waals surface area contributed by atoms with Gasteiger partial charge in [0.25, 0.3) is 0 Å². The molecule has 0 saturated carbocycles. The van der Waals surface area contributed by atoms with Crippen LogP contribution in [0.15, 0.2) is 11.6 Å². The Bertz CT molecular complexity index is 389. The van der Waals surface area contributed by atoms with Crippen molar-refractivity contribution >= 4 is 11.8 Å². The SMILES string of the molecule is CCN(CC)C(=O)CN(C)CC(=O)NCCC1=CCCCC1. The number of carbonyl (C=O) groups is 2. The Morgan fingerprint density at radius 1 is 1.18 bits per heavy atom. The number of hydrogen-bond donors (Lipinski definition) is 1. The Morgan fingerprint density at radius 3 is 2.50 bits per heavy atom. The lowest BCUT2D eigenvalue weighted by Gasteiger charge is -2.22. The number of nitrogens with one attached hydrogen (secondary N) is 1. The van der Waals surface area contributed by atoms with E-state index in [9.17, 15) is 9.59 Å². The van der Waals surface area contributed by atoms with E-state index < -0.39 is 0 Å². The minimum Gasteiger partial charge on any atom is -0.355 e. The van der Waals surface area contributed by atoms with E-state index in [0.717, 1.165) is 6.42 Å². The van der Waals surface area contributed by atoms with Crippen molar-refractivity contribution in [2.75, 3.05) is 39.8 Å². The molecular formula is C17H31N3O2. The summed E-state index contributed by atoms with van der Waals surface area (Å²) in [6.45, 7) is 6.62. The van der Waals surface area contributed by atoms with Gasteiger partial charge in [0.1, 0.15) is 0 Å².